The lowest BCUT2D eigenvalue weighted by molar-refractivity contribution is -0.125. The Morgan fingerprint density at radius 2 is 1.95 bits per heavy atom. The third-order valence-electron chi connectivity index (χ3n) is 3.40. The van der Waals surface area contributed by atoms with Crippen LogP contribution in [0.25, 0.3) is 0 Å². The second kappa shape index (κ2) is 7.13. The molecular formula is C14H20ClNO4S. The van der Waals surface area contributed by atoms with E-state index in [2.05, 4.69) is 5.32 Å². The average molecular weight is 334 g/mol. The fourth-order valence-electron chi connectivity index (χ4n) is 1.69. The van der Waals surface area contributed by atoms with Crippen molar-refractivity contribution in [1.29, 1.82) is 0 Å². The van der Waals surface area contributed by atoms with Gasteiger partial charge in [0.05, 0.1) is 12.0 Å². The number of hydrogen-bond donors (Lipinski definition) is 1. The van der Waals surface area contributed by atoms with Crippen molar-refractivity contribution in [3.63, 3.8) is 0 Å². The van der Waals surface area contributed by atoms with Crippen molar-refractivity contribution in [2.45, 2.75) is 32.2 Å². The SMILES string of the molecule is COc1ccc(S(=O)(=O)Cl)cc1CNC(=O)C(C)C(C)C. The van der Waals surface area contributed by atoms with Crippen molar-refractivity contribution in [3.05, 3.63) is 23.8 Å². The van der Waals surface area contributed by atoms with Gasteiger partial charge in [-0.15, -0.1) is 0 Å². The topological polar surface area (TPSA) is 72.5 Å². The molecule has 0 radical (unpaired) electrons. The van der Waals surface area contributed by atoms with E-state index in [1.54, 1.807) is 0 Å². The van der Waals surface area contributed by atoms with Crippen LogP contribution in [-0.2, 0) is 20.4 Å². The molecule has 118 valence electrons. The lowest BCUT2D eigenvalue weighted by Crippen LogP contribution is -2.31. The van der Waals surface area contributed by atoms with Gasteiger partial charge >= 0.3 is 0 Å². The summed E-state index contributed by atoms with van der Waals surface area (Å²) < 4.78 is 27.9. The molecule has 0 fully saturated rings. The molecule has 0 heterocycles. The Kier molecular flexibility index (Phi) is 6.04. The average Bonchev–Trinajstić information content (AvgIpc) is 2.42. The molecule has 0 spiro atoms. The maximum atomic E-state index is 11.9. The number of hydrogen-bond acceptors (Lipinski definition) is 4. The van der Waals surface area contributed by atoms with E-state index in [9.17, 15) is 13.2 Å². The van der Waals surface area contributed by atoms with Crippen LogP contribution in [-0.4, -0.2) is 21.4 Å². The third kappa shape index (κ3) is 4.89. The predicted octanol–water partition coefficient (Wildman–Crippen LogP) is 2.53. The molecule has 21 heavy (non-hydrogen) atoms. The van der Waals surface area contributed by atoms with Crippen LogP contribution in [0.3, 0.4) is 0 Å². The Labute approximate surface area is 130 Å². The van der Waals surface area contributed by atoms with E-state index in [4.69, 9.17) is 15.4 Å². The third-order valence-corrected chi connectivity index (χ3v) is 4.75. The zero-order valence-corrected chi connectivity index (χ0v) is 14.1. The molecule has 1 aromatic carbocycles. The number of rotatable bonds is 6. The molecule has 0 aliphatic carbocycles. The predicted molar refractivity (Wildman–Crippen MR) is 81.9 cm³/mol. The van der Waals surface area contributed by atoms with Gasteiger partial charge < -0.3 is 10.1 Å². The van der Waals surface area contributed by atoms with E-state index in [0.29, 0.717) is 11.3 Å². The highest BCUT2D eigenvalue weighted by Gasteiger charge is 2.18. The molecule has 1 unspecified atom stereocenters. The fraction of sp³-hybridized carbons (Fsp3) is 0.500. The first kappa shape index (κ1) is 17.8. The molecule has 1 rings (SSSR count). The highest BCUT2D eigenvalue weighted by Crippen LogP contribution is 2.24. The van der Waals surface area contributed by atoms with Crippen LogP contribution in [0.15, 0.2) is 23.1 Å². The quantitative estimate of drug-likeness (QED) is 0.812. The van der Waals surface area contributed by atoms with Crippen LogP contribution in [0.1, 0.15) is 26.3 Å². The van der Waals surface area contributed by atoms with Crippen LogP contribution in [0.4, 0.5) is 0 Å². The number of amides is 1. The summed E-state index contributed by atoms with van der Waals surface area (Å²) in [5, 5.41) is 2.78. The van der Waals surface area contributed by atoms with Gasteiger partial charge in [-0.05, 0) is 24.1 Å². The van der Waals surface area contributed by atoms with Crippen molar-refractivity contribution >= 4 is 25.6 Å². The molecule has 5 nitrogen and oxygen atoms in total. The first-order valence-corrected chi connectivity index (χ1v) is 8.87. The Morgan fingerprint density at radius 3 is 2.43 bits per heavy atom. The van der Waals surface area contributed by atoms with Gasteiger partial charge in [0.15, 0.2) is 0 Å². The number of ether oxygens (including phenoxy) is 1. The van der Waals surface area contributed by atoms with Gasteiger partial charge in [0.1, 0.15) is 5.75 Å². The summed E-state index contributed by atoms with van der Waals surface area (Å²) in [7, 11) is 2.99. The summed E-state index contributed by atoms with van der Waals surface area (Å²) in [5.74, 6) is 0.500. The van der Waals surface area contributed by atoms with Gasteiger partial charge in [-0.1, -0.05) is 20.8 Å². The van der Waals surface area contributed by atoms with Gasteiger partial charge in [0, 0.05) is 28.7 Å². The minimum Gasteiger partial charge on any atom is -0.496 e. The van der Waals surface area contributed by atoms with Crippen molar-refractivity contribution in [2.24, 2.45) is 11.8 Å². The molecule has 0 aliphatic heterocycles. The summed E-state index contributed by atoms with van der Waals surface area (Å²) in [6.45, 7) is 5.95. The second-order valence-electron chi connectivity index (χ2n) is 5.16. The molecule has 0 aliphatic rings. The fourth-order valence-corrected chi connectivity index (χ4v) is 2.49. The molecule has 0 saturated carbocycles. The molecular weight excluding hydrogens is 314 g/mol. The first-order valence-electron chi connectivity index (χ1n) is 6.56. The van der Waals surface area contributed by atoms with Crippen LogP contribution in [0, 0.1) is 11.8 Å². The van der Waals surface area contributed by atoms with Crippen LogP contribution >= 0.6 is 10.7 Å². The second-order valence-corrected chi connectivity index (χ2v) is 7.73. The Morgan fingerprint density at radius 1 is 1.33 bits per heavy atom. The van der Waals surface area contributed by atoms with Gasteiger partial charge in [-0.3, -0.25) is 4.79 Å². The van der Waals surface area contributed by atoms with E-state index in [-0.39, 0.29) is 29.2 Å². The molecule has 1 N–H and O–H groups in total. The lowest BCUT2D eigenvalue weighted by atomic mass is 9.97. The number of nitrogens with one attached hydrogen (secondary N) is 1. The van der Waals surface area contributed by atoms with E-state index in [1.807, 2.05) is 20.8 Å². The monoisotopic (exact) mass is 333 g/mol. The molecule has 0 bridgehead atoms. The normalized spacial score (nSPS) is 13.0. The number of methoxy groups -OCH3 is 1. The minimum atomic E-state index is -3.81. The van der Waals surface area contributed by atoms with Crippen LogP contribution in [0.2, 0.25) is 0 Å². The highest BCUT2D eigenvalue weighted by atomic mass is 35.7. The molecule has 1 atom stereocenters. The minimum absolute atomic E-state index is 0.0221. The lowest BCUT2D eigenvalue weighted by Gasteiger charge is -2.16. The van der Waals surface area contributed by atoms with E-state index < -0.39 is 9.05 Å². The summed E-state index contributed by atoms with van der Waals surface area (Å²) in [6, 6.07) is 4.29. The van der Waals surface area contributed by atoms with Gasteiger partial charge in [-0.25, -0.2) is 8.42 Å². The zero-order valence-electron chi connectivity index (χ0n) is 12.5. The molecule has 0 aromatic heterocycles. The van der Waals surface area contributed by atoms with E-state index in [0.717, 1.165) is 0 Å². The van der Waals surface area contributed by atoms with E-state index in [1.165, 1.54) is 25.3 Å². The van der Waals surface area contributed by atoms with Gasteiger partial charge in [0.25, 0.3) is 9.05 Å². The number of halogens is 1. The summed E-state index contributed by atoms with van der Waals surface area (Å²) >= 11 is 0. The Hall–Kier alpha value is -1.27. The molecule has 1 aromatic rings. The van der Waals surface area contributed by atoms with E-state index >= 15 is 0 Å². The summed E-state index contributed by atoms with van der Waals surface area (Å²) in [6.07, 6.45) is 0. The summed E-state index contributed by atoms with van der Waals surface area (Å²) in [5.41, 5.74) is 0.559. The number of carbonyl (C=O) groups is 1. The zero-order chi connectivity index (χ0) is 16.2. The number of carbonyl (C=O) groups excluding carboxylic acids is 1. The molecule has 0 saturated heterocycles. The van der Waals surface area contributed by atoms with Gasteiger partial charge in [0.2, 0.25) is 5.91 Å². The molecule has 7 heteroatoms. The van der Waals surface area contributed by atoms with Crippen molar-refractivity contribution in [1.82, 2.24) is 5.32 Å². The highest BCUT2D eigenvalue weighted by molar-refractivity contribution is 8.13. The Bertz CT molecular complexity index is 613. The molecule has 1 amide bonds. The number of benzene rings is 1. The van der Waals surface area contributed by atoms with Crippen LogP contribution < -0.4 is 10.1 Å². The maximum absolute atomic E-state index is 11.9. The Balaban J connectivity index is 2.94. The summed E-state index contributed by atoms with van der Waals surface area (Å²) in [4.78, 5) is 11.9. The first-order chi connectivity index (χ1) is 9.66. The van der Waals surface area contributed by atoms with Crippen molar-refractivity contribution in [2.75, 3.05) is 7.11 Å². The smallest absolute Gasteiger partial charge is 0.261 e. The standard InChI is InChI=1S/C14H20ClNO4S/c1-9(2)10(3)14(17)16-8-11-7-12(21(15,18)19)5-6-13(11)20-4/h5-7,9-10H,8H2,1-4H3,(H,16,17). The van der Waals surface area contributed by atoms with Crippen molar-refractivity contribution in [3.8, 4) is 5.75 Å². The largest absolute Gasteiger partial charge is 0.496 e. The van der Waals surface area contributed by atoms with Gasteiger partial charge in [-0.2, -0.15) is 0 Å². The van der Waals surface area contributed by atoms with Crippen molar-refractivity contribution < 1.29 is 17.9 Å². The van der Waals surface area contributed by atoms with Crippen LogP contribution in [0.5, 0.6) is 5.75 Å². The maximum Gasteiger partial charge on any atom is 0.261 e.